The van der Waals surface area contributed by atoms with E-state index in [0.29, 0.717) is 43.7 Å². The zero-order valence-corrected chi connectivity index (χ0v) is 21.4. The van der Waals surface area contributed by atoms with Crippen LogP contribution in [0, 0.1) is 12.8 Å². The number of nitrogens with one attached hydrogen (secondary N) is 2. The number of aryl methyl sites for hydroxylation is 1. The molecule has 2 aliphatic heterocycles. The molecular formula is C27H37N5O4. The maximum Gasteiger partial charge on any atom is 0.321 e. The Morgan fingerprint density at radius 1 is 1.19 bits per heavy atom. The lowest BCUT2D eigenvalue weighted by molar-refractivity contribution is 0.0917. The third-order valence-corrected chi connectivity index (χ3v) is 6.98. The van der Waals surface area contributed by atoms with Gasteiger partial charge >= 0.3 is 6.03 Å². The van der Waals surface area contributed by atoms with E-state index in [1.54, 1.807) is 13.0 Å². The van der Waals surface area contributed by atoms with Crippen molar-refractivity contribution in [2.45, 2.75) is 39.7 Å². The molecule has 0 spiro atoms. The molecule has 2 saturated heterocycles. The first-order valence-electron chi connectivity index (χ1n) is 12.8. The number of aromatic nitrogens is 1. The maximum atomic E-state index is 12.9. The molecule has 3 amide bonds. The van der Waals surface area contributed by atoms with Crippen molar-refractivity contribution in [1.29, 1.82) is 0 Å². The molecule has 0 aliphatic carbocycles. The van der Waals surface area contributed by atoms with Crippen LogP contribution in [0.15, 0.2) is 30.3 Å². The van der Waals surface area contributed by atoms with Crippen molar-refractivity contribution in [3.63, 3.8) is 0 Å². The van der Waals surface area contributed by atoms with Crippen LogP contribution in [-0.2, 0) is 4.74 Å². The average molecular weight is 496 g/mol. The number of hydrogen-bond acceptors (Lipinski definition) is 6. The number of hydrogen-bond donors (Lipinski definition) is 3. The first kappa shape index (κ1) is 25.9. The summed E-state index contributed by atoms with van der Waals surface area (Å²) in [5, 5.41) is 15.2. The van der Waals surface area contributed by atoms with Gasteiger partial charge in [0.25, 0.3) is 5.91 Å². The van der Waals surface area contributed by atoms with E-state index in [2.05, 4.69) is 27.4 Å². The minimum atomic E-state index is -0.382. The van der Waals surface area contributed by atoms with Crippen LogP contribution in [0.3, 0.4) is 0 Å². The van der Waals surface area contributed by atoms with Gasteiger partial charge in [-0.05, 0) is 67.1 Å². The Hall–Kier alpha value is -3.17. The Kier molecular flexibility index (Phi) is 8.43. The molecule has 1 aromatic carbocycles. The number of pyridine rings is 1. The number of amides is 3. The van der Waals surface area contributed by atoms with Gasteiger partial charge in [-0.2, -0.15) is 0 Å². The van der Waals surface area contributed by atoms with Crippen LogP contribution in [0.2, 0.25) is 0 Å². The second-order valence-electron chi connectivity index (χ2n) is 9.72. The van der Waals surface area contributed by atoms with Crippen molar-refractivity contribution in [2.24, 2.45) is 5.92 Å². The monoisotopic (exact) mass is 495 g/mol. The first-order chi connectivity index (χ1) is 17.4. The van der Waals surface area contributed by atoms with Gasteiger partial charge in [0.15, 0.2) is 0 Å². The number of aliphatic hydroxyl groups excluding tert-OH is 1. The molecule has 2 aliphatic rings. The van der Waals surface area contributed by atoms with Crippen molar-refractivity contribution in [1.82, 2.24) is 15.2 Å². The van der Waals surface area contributed by atoms with Crippen molar-refractivity contribution >= 4 is 23.4 Å². The molecule has 2 aromatic rings. The summed E-state index contributed by atoms with van der Waals surface area (Å²) in [6.45, 7) is 9.91. The summed E-state index contributed by atoms with van der Waals surface area (Å²) in [4.78, 5) is 34.4. The number of ether oxygens (including phenoxy) is 1. The smallest absolute Gasteiger partial charge is 0.321 e. The number of rotatable bonds is 7. The quantitative estimate of drug-likeness (QED) is 0.544. The van der Waals surface area contributed by atoms with Crippen LogP contribution in [0.1, 0.15) is 42.7 Å². The standard InChI is InChI=1S/C27H37N5O4/c1-4-20-7-8-32(16-20)27(35)29-22-6-5-18(2)23(15-22)21-13-24(26(34)28-19(3)17-33)30-25(14-21)31-9-11-36-12-10-31/h5-6,13-15,19-20,33H,4,7-12,16-17H2,1-3H3,(H,28,34)(H,29,35)/t19-,20+/m0/s1. The highest BCUT2D eigenvalue weighted by Gasteiger charge is 2.25. The SMILES string of the molecule is CC[C@@H]1CCN(C(=O)Nc2ccc(C)c(-c3cc(C(=O)N[C@@H](C)CO)nc(N4CCOCC4)c3)c2)C1. The van der Waals surface area contributed by atoms with E-state index in [-0.39, 0.29) is 30.3 Å². The predicted octanol–water partition coefficient (Wildman–Crippen LogP) is 3.27. The molecule has 0 radical (unpaired) electrons. The zero-order chi connectivity index (χ0) is 25.7. The topological polar surface area (TPSA) is 107 Å². The van der Waals surface area contributed by atoms with Gasteiger partial charge in [-0.1, -0.05) is 19.4 Å². The Labute approximate surface area is 212 Å². The summed E-state index contributed by atoms with van der Waals surface area (Å²) in [6, 6.07) is 9.13. The van der Waals surface area contributed by atoms with Crippen molar-refractivity contribution in [2.75, 3.05) is 56.2 Å². The molecule has 1 aromatic heterocycles. The average Bonchev–Trinajstić information content (AvgIpc) is 3.39. The van der Waals surface area contributed by atoms with Crippen LogP contribution in [0.5, 0.6) is 0 Å². The van der Waals surface area contributed by atoms with Gasteiger partial charge in [0.05, 0.1) is 19.8 Å². The van der Waals surface area contributed by atoms with Gasteiger partial charge in [0.2, 0.25) is 0 Å². The number of benzene rings is 1. The molecule has 0 bridgehead atoms. The number of carbonyl (C=O) groups excluding carboxylic acids is 2. The van der Waals surface area contributed by atoms with Crippen molar-refractivity contribution in [3.05, 3.63) is 41.6 Å². The number of nitrogens with zero attached hydrogens (tertiary/aromatic N) is 3. The molecule has 2 fully saturated rings. The molecule has 9 heteroatoms. The molecular weight excluding hydrogens is 458 g/mol. The third kappa shape index (κ3) is 6.14. The van der Waals surface area contributed by atoms with E-state index in [0.717, 1.165) is 42.6 Å². The lowest BCUT2D eigenvalue weighted by Gasteiger charge is -2.28. The number of likely N-dealkylation sites (tertiary alicyclic amines) is 1. The van der Waals surface area contributed by atoms with Crippen LogP contribution >= 0.6 is 0 Å². The fourth-order valence-corrected chi connectivity index (χ4v) is 4.65. The largest absolute Gasteiger partial charge is 0.394 e. The summed E-state index contributed by atoms with van der Waals surface area (Å²) in [7, 11) is 0. The summed E-state index contributed by atoms with van der Waals surface area (Å²) >= 11 is 0. The number of urea groups is 1. The van der Waals surface area contributed by atoms with E-state index in [1.165, 1.54) is 0 Å². The highest BCUT2D eigenvalue weighted by molar-refractivity contribution is 5.95. The minimum Gasteiger partial charge on any atom is -0.394 e. The van der Waals surface area contributed by atoms with Gasteiger partial charge in [-0.25, -0.2) is 9.78 Å². The van der Waals surface area contributed by atoms with Gasteiger partial charge in [0, 0.05) is 37.9 Å². The summed E-state index contributed by atoms with van der Waals surface area (Å²) in [5.74, 6) is 0.932. The number of morpholine rings is 1. The van der Waals surface area contributed by atoms with E-state index < -0.39 is 0 Å². The van der Waals surface area contributed by atoms with E-state index >= 15 is 0 Å². The Bertz CT molecular complexity index is 1090. The zero-order valence-electron chi connectivity index (χ0n) is 21.4. The van der Waals surface area contributed by atoms with E-state index in [4.69, 9.17) is 4.74 Å². The van der Waals surface area contributed by atoms with Crippen LogP contribution < -0.4 is 15.5 Å². The number of anilines is 2. The fourth-order valence-electron chi connectivity index (χ4n) is 4.65. The Morgan fingerprint density at radius 3 is 2.67 bits per heavy atom. The highest BCUT2D eigenvalue weighted by atomic mass is 16.5. The molecule has 194 valence electrons. The van der Waals surface area contributed by atoms with Gasteiger partial charge in [-0.3, -0.25) is 4.79 Å². The summed E-state index contributed by atoms with van der Waals surface area (Å²) in [5.41, 5.74) is 3.78. The van der Waals surface area contributed by atoms with Gasteiger partial charge in [0.1, 0.15) is 11.5 Å². The normalized spacial score (nSPS) is 18.7. The summed E-state index contributed by atoms with van der Waals surface area (Å²) < 4.78 is 5.49. The molecule has 9 nitrogen and oxygen atoms in total. The lowest BCUT2D eigenvalue weighted by Crippen LogP contribution is -2.38. The van der Waals surface area contributed by atoms with Gasteiger partial charge < -0.3 is 30.3 Å². The molecule has 36 heavy (non-hydrogen) atoms. The van der Waals surface area contributed by atoms with E-state index in [1.807, 2.05) is 36.1 Å². The molecule has 3 heterocycles. The number of aliphatic hydroxyl groups is 1. The predicted molar refractivity (Wildman–Crippen MR) is 140 cm³/mol. The second-order valence-corrected chi connectivity index (χ2v) is 9.72. The maximum absolute atomic E-state index is 12.9. The third-order valence-electron chi connectivity index (χ3n) is 6.98. The van der Waals surface area contributed by atoms with Crippen molar-refractivity contribution < 1.29 is 19.4 Å². The van der Waals surface area contributed by atoms with Crippen LogP contribution in [0.25, 0.3) is 11.1 Å². The van der Waals surface area contributed by atoms with Crippen LogP contribution in [-0.4, -0.2) is 79.0 Å². The Balaban J connectivity index is 1.64. The van der Waals surface area contributed by atoms with Gasteiger partial charge in [-0.15, -0.1) is 0 Å². The van der Waals surface area contributed by atoms with Crippen molar-refractivity contribution in [3.8, 4) is 11.1 Å². The molecule has 3 N–H and O–H groups in total. The molecule has 0 saturated carbocycles. The second kappa shape index (κ2) is 11.7. The molecule has 4 rings (SSSR count). The fraction of sp³-hybridized carbons (Fsp3) is 0.519. The minimum absolute atomic E-state index is 0.0810. The highest BCUT2D eigenvalue weighted by Crippen LogP contribution is 2.31. The molecule has 0 unspecified atom stereocenters. The number of carbonyl (C=O) groups is 2. The summed E-state index contributed by atoms with van der Waals surface area (Å²) in [6.07, 6.45) is 2.13. The first-order valence-corrected chi connectivity index (χ1v) is 12.8. The van der Waals surface area contributed by atoms with Crippen LogP contribution in [0.4, 0.5) is 16.3 Å². The molecule has 2 atom stereocenters. The Morgan fingerprint density at radius 2 is 1.97 bits per heavy atom. The lowest BCUT2D eigenvalue weighted by atomic mass is 9.99. The van der Waals surface area contributed by atoms with E-state index in [9.17, 15) is 14.7 Å².